The molecule has 1 aromatic rings. The van der Waals surface area contributed by atoms with Crippen LogP contribution in [0.15, 0.2) is 16.7 Å². The number of pyridine rings is 1. The number of anilines is 1. The lowest BCUT2D eigenvalue weighted by atomic mass is 10.2. The lowest BCUT2D eigenvalue weighted by Gasteiger charge is -2.13. The van der Waals surface area contributed by atoms with Crippen LogP contribution in [-0.2, 0) is 6.18 Å². The number of nitrogens with one attached hydrogen (secondary N) is 1. The summed E-state index contributed by atoms with van der Waals surface area (Å²) < 4.78 is 38.7. The Morgan fingerprint density at radius 3 is 2.53 bits per heavy atom. The van der Waals surface area contributed by atoms with Crippen molar-refractivity contribution >= 4 is 33.3 Å². The van der Waals surface area contributed by atoms with E-state index in [9.17, 15) is 13.2 Å². The molecule has 0 aliphatic carbocycles. The molecular formula is C12H15BrClF3N2. The molecule has 19 heavy (non-hydrogen) atoms. The molecule has 0 aromatic carbocycles. The fourth-order valence-electron chi connectivity index (χ4n) is 1.58. The van der Waals surface area contributed by atoms with Gasteiger partial charge in [-0.2, -0.15) is 13.2 Å². The number of hydrogen-bond acceptors (Lipinski definition) is 2. The molecule has 1 aromatic heterocycles. The van der Waals surface area contributed by atoms with Crippen molar-refractivity contribution < 1.29 is 13.2 Å². The Morgan fingerprint density at radius 2 is 1.89 bits per heavy atom. The third-order valence-electron chi connectivity index (χ3n) is 2.51. The number of unbranched alkanes of at least 4 members (excludes halogenated alkanes) is 3. The molecule has 0 radical (unpaired) electrons. The van der Waals surface area contributed by atoms with E-state index in [4.69, 9.17) is 11.6 Å². The van der Waals surface area contributed by atoms with Crippen LogP contribution in [0.1, 0.15) is 31.2 Å². The van der Waals surface area contributed by atoms with Gasteiger partial charge in [0.1, 0.15) is 5.82 Å². The van der Waals surface area contributed by atoms with Gasteiger partial charge in [-0.05, 0) is 34.8 Å². The van der Waals surface area contributed by atoms with Gasteiger partial charge in [0.2, 0.25) is 0 Å². The molecule has 0 aliphatic heterocycles. The molecule has 1 heterocycles. The maximum absolute atomic E-state index is 12.8. The van der Waals surface area contributed by atoms with E-state index in [2.05, 4.69) is 26.2 Å². The SMILES string of the molecule is FC(F)(F)c1cc(Br)cnc1NCCCCCCCl. The monoisotopic (exact) mass is 358 g/mol. The molecule has 0 amide bonds. The minimum absolute atomic E-state index is 0.118. The van der Waals surface area contributed by atoms with Gasteiger partial charge in [0.25, 0.3) is 0 Å². The Bertz CT molecular complexity index is 399. The standard InChI is InChI=1S/C12H15BrClF3N2/c13-9-7-10(12(15,16)17)11(19-8-9)18-6-4-2-1-3-5-14/h7-8H,1-6H2,(H,18,19). The van der Waals surface area contributed by atoms with E-state index in [1.54, 1.807) is 0 Å². The van der Waals surface area contributed by atoms with Crippen molar-refractivity contribution in [2.75, 3.05) is 17.7 Å². The van der Waals surface area contributed by atoms with Crippen molar-refractivity contribution in [3.63, 3.8) is 0 Å². The van der Waals surface area contributed by atoms with Crippen LogP contribution in [0.3, 0.4) is 0 Å². The van der Waals surface area contributed by atoms with Gasteiger partial charge >= 0.3 is 6.18 Å². The van der Waals surface area contributed by atoms with Crippen molar-refractivity contribution in [2.24, 2.45) is 0 Å². The molecule has 108 valence electrons. The third-order valence-corrected chi connectivity index (χ3v) is 3.21. The first-order chi connectivity index (χ1) is 8.95. The maximum atomic E-state index is 12.8. The van der Waals surface area contributed by atoms with Gasteiger partial charge in [0.15, 0.2) is 0 Å². The first-order valence-electron chi connectivity index (χ1n) is 5.97. The molecular weight excluding hydrogens is 344 g/mol. The summed E-state index contributed by atoms with van der Waals surface area (Å²) in [6, 6.07) is 1.03. The molecule has 0 unspecified atom stereocenters. The van der Waals surface area contributed by atoms with Crippen LogP contribution in [-0.4, -0.2) is 17.4 Å². The number of nitrogens with zero attached hydrogens (tertiary/aromatic N) is 1. The first kappa shape index (κ1) is 16.6. The van der Waals surface area contributed by atoms with Crippen LogP contribution in [0.5, 0.6) is 0 Å². The number of hydrogen-bond donors (Lipinski definition) is 1. The molecule has 0 saturated carbocycles. The van der Waals surface area contributed by atoms with Gasteiger partial charge in [-0.25, -0.2) is 4.98 Å². The van der Waals surface area contributed by atoms with Crippen LogP contribution < -0.4 is 5.32 Å². The summed E-state index contributed by atoms with van der Waals surface area (Å²) in [6.45, 7) is 0.472. The summed E-state index contributed by atoms with van der Waals surface area (Å²) in [5, 5.41) is 2.74. The lowest BCUT2D eigenvalue weighted by molar-refractivity contribution is -0.137. The highest BCUT2D eigenvalue weighted by Gasteiger charge is 2.34. The molecule has 0 atom stereocenters. The quantitative estimate of drug-likeness (QED) is 0.543. The predicted molar refractivity (Wildman–Crippen MR) is 74.6 cm³/mol. The van der Waals surface area contributed by atoms with Crippen molar-refractivity contribution in [1.82, 2.24) is 4.98 Å². The maximum Gasteiger partial charge on any atom is 0.419 e. The Balaban J connectivity index is 2.54. The second kappa shape index (κ2) is 7.94. The van der Waals surface area contributed by atoms with Crippen LogP contribution in [0.2, 0.25) is 0 Å². The minimum Gasteiger partial charge on any atom is -0.370 e. The van der Waals surface area contributed by atoms with Crippen molar-refractivity contribution in [1.29, 1.82) is 0 Å². The summed E-state index contributed by atoms with van der Waals surface area (Å²) in [5.41, 5.74) is -0.748. The minimum atomic E-state index is -4.41. The molecule has 1 rings (SSSR count). The molecule has 0 bridgehead atoms. The fourth-order valence-corrected chi connectivity index (χ4v) is 2.10. The van der Waals surface area contributed by atoms with E-state index in [1.807, 2.05) is 0 Å². The van der Waals surface area contributed by atoms with Gasteiger partial charge in [-0.3, -0.25) is 0 Å². The Kier molecular flexibility index (Phi) is 6.93. The summed E-state index contributed by atoms with van der Waals surface area (Å²) in [5.74, 6) is 0.507. The van der Waals surface area contributed by atoms with Crippen LogP contribution in [0, 0.1) is 0 Å². The first-order valence-corrected chi connectivity index (χ1v) is 7.30. The molecule has 0 saturated heterocycles. The molecule has 2 nitrogen and oxygen atoms in total. The van der Waals surface area contributed by atoms with E-state index < -0.39 is 11.7 Å². The van der Waals surface area contributed by atoms with Gasteiger partial charge in [-0.15, -0.1) is 11.6 Å². The van der Waals surface area contributed by atoms with Crippen LogP contribution >= 0.6 is 27.5 Å². The van der Waals surface area contributed by atoms with E-state index >= 15 is 0 Å². The highest BCUT2D eigenvalue weighted by Crippen LogP contribution is 2.35. The zero-order valence-electron chi connectivity index (χ0n) is 10.2. The highest BCUT2D eigenvalue weighted by molar-refractivity contribution is 9.10. The van der Waals surface area contributed by atoms with E-state index in [1.165, 1.54) is 6.20 Å². The molecule has 1 N–H and O–H groups in total. The summed E-state index contributed by atoms with van der Waals surface area (Å²) in [4.78, 5) is 3.78. The zero-order chi connectivity index (χ0) is 14.3. The average molecular weight is 360 g/mol. The van der Waals surface area contributed by atoms with E-state index in [0.29, 0.717) is 16.9 Å². The van der Waals surface area contributed by atoms with Crippen molar-refractivity contribution in [3.8, 4) is 0 Å². The van der Waals surface area contributed by atoms with Crippen LogP contribution in [0.4, 0.5) is 19.0 Å². The highest BCUT2D eigenvalue weighted by atomic mass is 79.9. The summed E-state index contributed by atoms with van der Waals surface area (Å²) in [7, 11) is 0. The summed E-state index contributed by atoms with van der Waals surface area (Å²) >= 11 is 8.54. The third kappa shape index (κ3) is 5.99. The number of alkyl halides is 4. The second-order valence-electron chi connectivity index (χ2n) is 4.08. The zero-order valence-corrected chi connectivity index (χ0v) is 12.6. The Hall–Kier alpha value is -0.490. The Morgan fingerprint density at radius 1 is 1.21 bits per heavy atom. The second-order valence-corrected chi connectivity index (χ2v) is 5.37. The van der Waals surface area contributed by atoms with Gasteiger partial charge in [0.05, 0.1) is 5.56 Å². The number of rotatable bonds is 7. The molecule has 0 aliphatic rings. The van der Waals surface area contributed by atoms with Gasteiger partial charge in [-0.1, -0.05) is 12.8 Å². The normalized spacial score (nSPS) is 11.6. The van der Waals surface area contributed by atoms with Gasteiger partial charge in [0, 0.05) is 23.1 Å². The molecule has 0 spiro atoms. The largest absolute Gasteiger partial charge is 0.419 e. The average Bonchev–Trinajstić information content (AvgIpc) is 2.34. The van der Waals surface area contributed by atoms with E-state index in [0.717, 1.165) is 31.7 Å². The fraction of sp³-hybridized carbons (Fsp3) is 0.583. The molecule has 0 fully saturated rings. The number of aromatic nitrogens is 1. The predicted octanol–water partition coefficient (Wildman–Crippen LogP) is 5.07. The smallest absolute Gasteiger partial charge is 0.370 e. The van der Waals surface area contributed by atoms with Crippen molar-refractivity contribution in [3.05, 3.63) is 22.3 Å². The van der Waals surface area contributed by atoms with Crippen molar-refractivity contribution in [2.45, 2.75) is 31.9 Å². The molecule has 7 heteroatoms. The topological polar surface area (TPSA) is 24.9 Å². The van der Waals surface area contributed by atoms with Gasteiger partial charge < -0.3 is 5.32 Å². The van der Waals surface area contributed by atoms with E-state index in [-0.39, 0.29) is 5.82 Å². The number of halogens is 5. The summed E-state index contributed by atoms with van der Waals surface area (Å²) in [6.07, 6.45) is 0.614. The lowest BCUT2D eigenvalue weighted by Crippen LogP contribution is -2.13. The Labute approximate surface area is 123 Å². The van der Waals surface area contributed by atoms with Crippen LogP contribution in [0.25, 0.3) is 0 Å².